The Morgan fingerprint density at radius 3 is 2.62 bits per heavy atom. The van der Waals surface area contributed by atoms with Crippen molar-refractivity contribution in [1.82, 2.24) is 20.7 Å². The molecule has 1 unspecified atom stereocenters. The van der Waals surface area contributed by atoms with Gasteiger partial charge in [0.1, 0.15) is 5.54 Å². The molecule has 2 heterocycles. The maximum absolute atomic E-state index is 12.9. The predicted molar refractivity (Wildman–Crippen MR) is 108 cm³/mol. The minimum Gasteiger partial charge on any atom is -0.322 e. The van der Waals surface area contributed by atoms with E-state index in [0.717, 1.165) is 43.8 Å². The van der Waals surface area contributed by atoms with Crippen LogP contribution in [-0.4, -0.2) is 46.4 Å². The standard InChI is InChI=1S/C22H30N4O3/c1-16-9-11-22(12-10-16)20(28)26(21(29)23-22)24-19(27)18-8-5-13-25(15-18)14-17-6-3-2-4-7-17/h2-4,6-7,16,18H,5,8-15H2,1H3,(H,23,29)(H,24,27). The van der Waals surface area contributed by atoms with Gasteiger partial charge in [0.25, 0.3) is 5.91 Å². The largest absolute Gasteiger partial charge is 0.344 e. The van der Waals surface area contributed by atoms with Crippen LogP contribution in [0.25, 0.3) is 0 Å². The van der Waals surface area contributed by atoms with Gasteiger partial charge in [-0.2, -0.15) is 5.01 Å². The number of amides is 4. The summed E-state index contributed by atoms with van der Waals surface area (Å²) in [5, 5.41) is 3.78. The second kappa shape index (κ2) is 8.14. The molecule has 29 heavy (non-hydrogen) atoms. The first kappa shape index (κ1) is 19.9. The minimum absolute atomic E-state index is 0.226. The number of likely N-dealkylation sites (tertiary alicyclic amines) is 1. The van der Waals surface area contributed by atoms with Crippen molar-refractivity contribution in [1.29, 1.82) is 0 Å². The first-order valence-corrected chi connectivity index (χ1v) is 10.7. The molecule has 1 spiro atoms. The lowest BCUT2D eigenvalue weighted by molar-refractivity contribution is -0.142. The Morgan fingerprint density at radius 1 is 1.17 bits per heavy atom. The zero-order valence-electron chi connectivity index (χ0n) is 17.0. The number of hydrogen-bond acceptors (Lipinski definition) is 4. The van der Waals surface area contributed by atoms with Crippen LogP contribution in [-0.2, 0) is 16.1 Å². The van der Waals surface area contributed by atoms with E-state index in [2.05, 4.69) is 34.7 Å². The van der Waals surface area contributed by atoms with E-state index in [9.17, 15) is 14.4 Å². The van der Waals surface area contributed by atoms with Gasteiger partial charge < -0.3 is 5.32 Å². The number of hydrogen-bond donors (Lipinski definition) is 2. The predicted octanol–water partition coefficient (Wildman–Crippen LogP) is 2.43. The lowest BCUT2D eigenvalue weighted by atomic mass is 9.77. The van der Waals surface area contributed by atoms with E-state index in [1.807, 2.05) is 18.2 Å². The number of hydrazine groups is 1. The first-order valence-electron chi connectivity index (χ1n) is 10.7. The lowest BCUT2D eigenvalue weighted by Gasteiger charge is -2.34. The molecule has 0 radical (unpaired) electrons. The van der Waals surface area contributed by atoms with Gasteiger partial charge in [-0.15, -0.1) is 0 Å². The van der Waals surface area contributed by atoms with Crippen molar-refractivity contribution in [3.63, 3.8) is 0 Å². The van der Waals surface area contributed by atoms with Crippen molar-refractivity contribution in [2.75, 3.05) is 13.1 Å². The number of urea groups is 1. The number of nitrogens with zero attached hydrogens (tertiary/aromatic N) is 2. The van der Waals surface area contributed by atoms with Gasteiger partial charge in [-0.1, -0.05) is 37.3 Å². The SMILES string of the molecule is CC1CCC2(CC1)NC(=O)N(NC(=O)C1CCCN(Cc3ccccc3)C1)C2=O. The smallest absolute Gasteiger partial charge is 0.322 e. The summed E-state index contributed by atoms with van der Waals surface area (Å²) in [5.74, 6) is -0.213. The Bertz CT molecular complexity index is 774. The molecule has 0 aromatic heterocycles. The Balaban J connectivity index is 1.36. The number of carbonyl (C=O) groups is 3. The Labute approximate surface area is 171 Å². The highest BCUT2D eigenvalue weighted by molar-refractivity contribution is 6.08. The third kappa shape index (κ3) is 4.15. The molecular weight excluding hydrogens is 368 g/mol. The molecule has 4 rings (SSSR count). The van der Waals surface area contributed by atoms with Crippen LogP contribution < -0.4 is 10.7 Å². The van der Waals surface area contributed by atoms with Crippen LogP contribution in [0.4, 0.5) is 4.79 Å². The molecular formula is C22H30N4O3. The molecule has 3 fully saturated rings. The lowest BCUT2D eigenvalue weighted by Crippen LogP contribution is -2.53. The topological polar surface area (TPSA) is 81.8 Å². The van der Waals surface area contributed by atoms with Gasteiger partial charge in [-0.25, -0.2) is 4.79 Å². The van der Waals surface area contributed by atoms with Crippen LogP contribution in [0.5, 0.6) is 0 Å². The monoisotopic (exact) mass is 398 g/mol. The van der Waals surface area contributed by atoms with E-state index >= 15 is 0 Å². The molecule has 1 aromatic rings. The Morgan fingerprint density at radius 2 is 1.90 bits per heavy atom. The average molecular weight is 399 g/mol. The molecule has 7 nitrogen and oxygen atoms in total. The van der Waals surface area contributed by atoms with Crippen LogP contribution in [0, 0.1) is 11.8 Å². The van der Waals surface area contributed by atoms with Gasteiger partial charge in [-0.3, -0.25) is 19.9 Å². The average Bonchev–Trinajstić information content (AvgIpc) is 2.95. The molecule has 2 N–H and O–H groups in total. The maximum atomic E-state index is 12.9. The summed E-state index contributed by atoms with van der Waals surface area (Å²) in [6.45, 7) is 4.54. The summed E-state index contributed by atoms with van der Waals surface area (Å²) in [5.41, 5.74) is 3.01. The molecule has 2 aliphatic heterocycles. The highest BCUT2D eigenvalue weighted by Gasteiger charge is 2.53. The van der Waals surface area contributed by atoms with E-state index in [1.54, 1.807) is 0 Å². The number of carbonyl (C=O) groups excluding carboxylic acids is 3. The molecule has 7 heteroatoms. The van der Waals surface area contributed by atoms with E-state index in [1.165, 1.54) is 5.56 Å². The number of nitrogens with one attached hydrogen (secondary N) is 2. The van der Waals surface area contributed by atoms with Gasteiger partial charge in [0.15, 0.2) is 0 Å². The number of rotatable bonds is 4. The fourth-order valence-corrected chi connectivity index (χ4v) is 4.77. The molecule has 1 aliphatic carbocycles. The number of piperidine rings is 1. The molecule has 2 saturated heterocycles. The molecule has 1 saturated carbocycles. The highest BCUT2D eigenvalue weighted by atomic mass is 16.2. The first-order chi connectivity index (χ1) is 14.0. The number of benzene rings is 1. The molecule has 1 aromatic carbocycles. The quantitative estimate of drug-likeness (QED) is 0.764. The summed E-state index contributed by atoms with van der Waals surface area (Å²) >= 11 is 0. The zero-order chi connectivity index (χ0) is 20.4. The minimum atomic E-state index is -0.831. The summed E-state index contributed by atoms with van der Waals surface area (Å²) in [4.78, 5) is 40.5. The number of imide groups is 1. The van der Waals surface area contributed by atoms with Crippen molar-refractivity contribution >= 4 is 17.8 Å². The Kier molecular flexibility index (Phi) is 5.58. The summed E-state index contributed by atoms with van der Waals surface area (Å²) in [6.07, 6.45) is 4.78. The third-order valence-electron chi connectivity index (χ3n) is 6.64. The second-order valence-electron chi connectivity index (χ2n) is 8.87. The maximum Gasteiger partial charge on any atom is 0.344 e. The summed E-state index contributed by atoms with van der Waals surface area (Å²) < 4.78 is 0. The third-order valence-corrected chi connectivity index (χ3v) is 6.64. The molecule has 156 valence electrons. The van der Waals surface area contributed by atoms with E-state index in [4.69, 9.17) is 0 Å². The fraction of sp³-hybridized carbons (Fsp3) is 0.591. The van der Waals surface area contributed by atoms with Crippen LogP contribution in [0.15, 0.2) is 30.3 Å². The summed E-state index contributed by atoms with van der Waals surface area (Å²) in [7, 11) is 0. The van der Waals surface area contributed by atoms with Crippen LogP contribution >= 0.6 is 0 Å². The van der Waals surface area contributed by atoms with Crippen LogP contribution in [0.2, 0.25) is 0 Å². The van der Waals surface area contributed by atoms with Gasteiger partial charge in [0, 0.05) is 13.1 Å². The molecule has 3 aliphatic rings. The highest BCUT2D eigenvalue weighted by Crippen LogP contribution is 2.35. The molecule has 1 atom stereocenters. The molecule has 4 amide bonds. The molecule has 0 bridgehead atoms. The Hall–Kier alpha value is -2.41. The second-order valence-corrected chi connectivity index (χ2v) is 8.87. The normalized spacial score (nSPS) is 30.4. The van der Waals surface area contributed by atoms with Crippen LogP contribution in [0.3, 0.4) is 0 Å². The van der Waals surface area contributed by atoms with E-state index in [-0.39, 0.29) is 17.7 Å². The van der Waals surface area contributed by atoms with Gasteiger partial charge in [0.2, 0.25) is 5.91 Å². The van der Waals surface area contributed by atoms with Crippen molar-refractivity contribution in [2.45, 2.75) is 57.5 Å². The van der Waals surface area contributed by atoms with Crippen molar-refractivity contribution < 1.29 is 14.4 Å². The fourth-order valence-electron chi connectivity index (χ4n) is 4.77. The van der Waals surface area contributed by atoms with E-state index < -0.39 is 11.6 Å². The zero-order valence-corrected chi connectivity index (χ0v) is 17.0. The van der Waals surface area contributed by atoms with Gasteiger partial charge in [-0.05, 0) is 56.6 Å². The van der Waals surface area contributed by atoms with Gasteiger partial charge >= 0.3 is 6.03 Å². The van der Waals surface area contributed by atoms with Crippen LogP contribution in [0.1, 0.15) is 51.0 Å². The van der Waals surface area contributed by atoms with Crippen molar-refractivity contribution in [3.8, 4) is 0 Å². The van der Waals surface area contributed by atoms with Crippen molar-refractivity contribution in [3.05, 3.63) is 35.9 Å². The summed E-state index contributed by atoms with van der Waals surface area (Å²) in [6, 6.07) is 9.69. The van der Waals surface area contributed by atoms with E-state index in [0.29, 0.717) is 25.3 Å². The van der Waals surface area contributed by atoms with Gasteiger partial charge in [0.05, 0.1) is 5.92 Å². The van der Waals surface area contributed by atoms with Crippen molar-refractivity contribution in [2.24, 2.45) is 11.8 Å².